The van der Waals surface area contributed by atoms with Crippen LogP contribution in [0.4, 0.5) is 0 Å². The number of nitrogens with zero attached hydrogens (tertiary/aromatic N) is 1. The third-order valence-corrected chi connectivity index (χ3v) is 3.27. The summed E-state index contributed by atoms with van der Waals surface area (Å²) in [7, 11) is 1.63. The number of ether oxygens (including phenoxy) is 1. The largest absolute Gasteiger partial charge is 0.497 e. The Bertz CT molecular complexity index is 589. The quantitative estimate of drug-likeness (QED) is 0.899. The summed E-state index contributed by atoms with van der Waals surface area (Å²) in [4.78, 5) is 0. The zero-order chi connectivity index (χ0) is 14.4. The molecular weight excluding hydrogens is 248 g/mol. The van der Waals surface area contributed by atoms with E-state index in [1.165, 1.54) is 0 Å². The molecule has 102 valence electrons. The second kappa shape index (κ2) is 6.74. The first kappa shape index (κ1) is 14.1. The number of hydrogen-bond acceptors (Lipinski definition) is 3. The maximum absolute atomic E-state index is 9.39. The number of nitriles is 1. The summed E-state index contributed by atoms with van der Waals surface area (Å²) in [6.07, 6.45) is 0. The summed E-state index contributed by atoms with van der Waals surface area (Å²) in [6, 6.07) is 19.7. The number of rotatable bonds is 5. The molecular formula is C17H18N2O. The fraction of sp³-hybridized carbons (Fsp3) is 0.235. The van der Waals surface area contributed by atoms with Gasteiger partial charge in [-0.15, -0.1) is 0 Å². The average Bonchev–Trinajstić information content (AvgIpc) is 2.53. The monoisotopic (exact) mass is 266 g/mol. The Morgan fingerprint density at radius 1 is 1.05 bits per heavy atom. The molecule has 3 nitrogen and oxygen atoms in total. The molecule has 2 atom stereocenters. The lowest BCUT2D eigenvalue weighted by atomic mass is 10.0. The van der Waals surface area contributed by atoms with Gasteiger partial charge in [0.1, 0.15) is 11.8 Å². The Kier molecular flexibility index (Phi) is 4.75. The van der Waals surface area contributed by atoms with Crippen LogP contribution < -0.4 is 10.1 Å². The van der Waals surface area contributed by atoms with Gasteiger partial charge >= 0.3 is 0 Å². The molecule has 0 spiro atoms. The molecule has 0 bridgehead atoms. The Morgan fingerprint density at radius 2 is 1.75 bits per heavy atom. The van der Waals surface area contributed by atoms with Gasteiger partial charge in [-0.25, -0.2) is 0 Å². The molecule has 0 saturated heterocycles. The van der Waals surface area contributed by atoms with Crippen LogP contribution in [0.25, 0.3) is 0 Å². The summed E-state index contributed by atoms with van der Waals surface area (Å²) in [5.41, 5.74) is 2.07. The summed E-state index contributed by atoms with van der Waals surface area (Å²) >= 11 is 0. The lowest BCUT2D eigenvalue weighted by Crippen LogP contribution is -2.23. The van der Waals surface area contributed by atoms with Gasteiger partial charge in [0.15, 0.2) is 0 Å². The third kappa shape index (κ3) is 3.37. The van der Waals surface area contributed by atoms with E-state index in [0.717, 1.165) is 16.9 Å². The van der Waals surface area contributed by atoms with Crippen LogP contribution in [0, 0.1) is 11.3 Å². The van der Waals surface area contributed by atoms with Crippen molar-refractivity contribution in [2.45, 2.75) is 19.0 Å². The van der Waals surface area contributed by atoms with Crippen LogP contribution in [-0.4, -0.2) is 7.11 Å². The molecule has 20 heavy (non-hydrogen) atoms. The summed E-state index contributed by atoms with van der Waals surface area (Å²) < 4.78 is 5.20. The Balaban J connectivity index is 2.15. The van der Waals surface area contributed by atoms with Crippen molar-refractivity contribution in [3.05, 3.63) is 65.7 Å². The molecule has 0 aliphatic heterocycles. The number of hydrogen-bond donors (Lipinski definition) is 1. The second-order valence-corrected chi connectivity index (χ2v) is 4.64. The van der Waals surface area contributed by atoms with Crippen LogP contribution in [0.3, 0.4) is 0 Å². The van der Waals surface area contributed by atoms with Gasteiger partial charge in [-0.1, -0.05) is 42.5 Å². The van der Waals surface area contributed by atoms with Gasteiger partial charge in [-0.2, -0.15) is 5.26 Å². The SMILES string of the molecule is COc1cccc(C(C#N)NC(C)c2ccccc2)c1. The minimum absolute atomic E-state index is 0.104. The van der Waals surface area contributed by atoms with E-state index >= 15 is 0 Å². The number of nitrogens with one attached hydrogen (secondary N) is 1. The van der Waals surface area contributed by atoms with Crippen LogP contribution in [0.5, 0.6) is 5.75 Å². The van der Waals surface area contributed by atoms with Crippen molar-refractivity contribution >= 4 is 0 Å². The molecule has 0 saturated carbocycles. The zero-order valence-corrected chi connectivity index (χ0v) is 11.7. The Morgan fingerprint density at radius 3 is 2.40 bits per heavy atom. The normalized spacial score (nSPS) is 13.2. The van der Waals surface area contributed by atoms with Crippen molar-refractivity contribution < 1.29 is 4.74 Å². The Labute approximate surface area is 119 Å². The zero-order valence-electron chi connectivity index (χ0n) is 11.7. The molecule has 0 aliphatic rings. The summed E-state index contributed by atoms with van der Waals surface area (Å²) in [5, 5.41) is 12.7. The molecule has 2 aromatic rings. The summed E-state index contributed by atoms with van der Waals surface area (Å²) in [5.74, 6) is 0.761. The van der Waals surface area contributed by atoms with E-state index in [-0.39, 0.29) is 12.1 Å². The fourth-order valence-electron chi connectivity index (χ4n) is 2.12. The lowest BCUT2D eigenvalue weighted by Gasteiger charge is -2.19. The molecule has 1 N–H and O–H groups in total. The maximum Gasteiger partial charge on any atom is 0.121 e. The van der Waals surface area contributed by atoms with Crippen molar-refractivity contribution in [1.82, 2.24) is 5.32 Å². The molecule has 2 aromatic carbocycles. The molecule has 0 radical (unpaired) electrons. The molecule has 2 unspecified atom stereocenters. The highest BCUT2D eigenvalue weighted by atomic mass is 16.5. The molecule has 2 rings (SSSR count). The minimum atomic E-state index is -0.361. The van der Waals surface area contributed by atoms with E-state index < -0.39 is 0 Å². The van der Waals surface area contributed by atoms with Gasteiger partial charge in [0, 0.05) is 6.04 Å². The molecule has 0 fully saturated rings. The highest BCUT2D eigenvalue weighted by molar-refractivity contribution is 5.33. The number of methoxy groups -OCH3 is 1. The van der Waals surface area contributed by atoms with E-state index in [4.69, 9.17) is 4.74 Å². The second-order valence-electron chi connectivity index (χ2n) is 4.64. The molecule has 0 aliphatic carbocycles. The van der Waals surface area contributed by atoms with Crippen LogP contribution in [0.2, 0.25) is 0 Å². The molecule has 0 aromatic heterocycles. The lowest BCUT2D eigenvalue weighted by molar-refractivity contribution is 0.413. The first-order valence-electron chi connectivity index (χ1n) is 6.59. The van der Waals surface area contributed by atoms with Crippen molar-refractivity contribution in [2.24, 2.45) is 0 Å². The van der Waals surface area contributed by atoms with Crippen LogP contribution >= 0.6 is 0 Å². The standard InChI is InChI=1S/C17H18N2O/c1-13(14-7-4-3-5-8-14)19-17(12-18)15-9-6-10-16(11-15)20-2/h3-11,13,17,19H,1-2H3. The van der Waals surface area contributed by atoms with Crippen molar-refractivity contribution in [1.29, 1.82) is 5.26 Å². The number of benzene rings is 2. The van der Waals surface area contributed by atoms with Crippen molar-refractivity contribution in [2.75, 3.05) is 7.11 Å². The predicted octanol–water partition coefficient (Wildman–Crippen LogP) is 3.61. The smallest absolute Gasteiger partial charge is 0.121 e. The predicted molar refractivity (Wildman–Crippen MR) is 79.3 cm³/mol. The van der Waals surface area contributed by atoms with Crippen molar-refractivity contribution in [3.63, 3.8) is 0 Å². The van der Waals surface area contributed by atoms with E-state index in [2.05, 4.69) is 30.4 Å². The molecule has 0 amide bonds. The van der Waals surface area contributed by atoms with Gasteiger partial charge in [0.05, 0.1) is 13.2 Å². The fourth-order valence-corrected chi connectivity index (χ4v) is 2.12. The topological polar surface area (TPSA) is 45.0 Å². The minimum Gasteiger partial charge on any atom is -0.497 e. The van der Waals surface area contributed by atoms with E-state index in [1.54, 1.807) is 7.11 Å². The molecule has 0 heterocycles. The molecule has 3 heteroatoms. The highest BCUT2D eigenvalue weighted by Gasteiger charge is 2.15. The first-order chi connectivity index (χ1) is 9.74. The van der Waals surface area contributed by atoms with Crippen molar-refractivity contribution in [3.8, 4) is 11.8 Å². The van der Waals surface area contributed by atoms with Gasteiger partial charge in [-0.3, -0.25) is 5.32 Å². The Hall–Kier alpha value is -2.31. The third-order valence-electron chi connectivity index (χ3n) is 3.27. The summed E-state index contributed by atoms with van der Waals surface area (Å²) in [6.45, 7) is 2.06. The van der Waals surface area contributed by atoms with Gasteiger partial charge < -0.3 is 4.74 Å². The van der Waals surface area contributed by atoms with Gasteiger partial charge in [0.2, 0.25) is 0 Å². The first-order valence-corrected chi connectivity index (χ1v) is 6.59. The van der Waals surface area contributed by atoms with Gasteiger partial charge in [0.25, 0.3) is 0 Å². The van der Waals surface area contributed by atoms with E-state index in [0.29, 0.717) is 0 Å². The van der Waals surface area contributed by atoms with Crippen LogP contribution in [-0.2, 0) is 0 Å². The highest BCUT2D eigenvalue weighted by Crippen LogP contribution is 2.22. The van der Waals surface area contributed by atoms with E-state index in [9.17, 15) is 5.26 Å². The van der Waals surface area contributed by atoms with Gasteiger partial charge in [-0.05, 0) is 30.2 Å². The average molecular weight is 266 g/mol. The van der Waals surface area contributed by atoms with Crippen LogP contribution in [0.15, 0.2) is 54.6 Å². The maximum atomic E-state index is 9.39. The van der Waals surface area contributed by atoms with E-state index in [1.807, 2.05) is 42.5 Å². The van der Waals surface area contributed by atoms with Crippen LogP contribution in [0.1, 0.15) is 30.1 Å².